The summed E-state index contributed by atoms with van der Waals surface area (Å²) >= 11 is 0. The number of hydrogen-bond donors (Lipinski definition) is 1. The van der Waals surface area contributed by atoms with E-state index in [2.05, 4.69) is 30.2 Å². The zero-order chi connectivity index (χ0) is 18.1. The van der Waals surface area contributed by atoms with Gasteiger partial charge in [0.25, 0.3) is 0 Å². The Labute approximate surface area is 150 Å². The Kier molecular flexibility index (Phi) is 15.8. The molecule has 0 fully saturated rings. The highest BCUT2D eigenvalue weighted by Gasteiger charge is 2.11. The van der Waals surface area contributed by atoms with E-state index in [1.54, 1.807) is 0 Å². The molecule has 0 aromatic heterocycles. The summed E-state index contributed by atoms with van der Waals surface area (Å²) < 4.78 is 34.8. The lowest BCUT2D eigenvalue weighted by molar-refractivity contribution is 0.234. The number of allylic oxidation sites excluding steroid dienone is 1. The summed E-state index contributed by atoms with van der Waals surface area (Å²) in [4.78, 5) is 0. The Morgan fingerprint density at radius 3 is 2.00 bits per heavy atom. The molecule has 1 N–H and O–H groups in total. The van der Waals surface area contributed by atoms with Gasteiger partial charge in [-0.2, -0.15) is 8.42 Å². The van der Waals surface area contributed by atoms with E-state index >= 15 is 0 Å². The average molecular weight is 363 g/mol. The van der Waals surface area contributed by atoms with Gasteiger partial charge in [0.2, 0.25) is 0 Å². The molecule has 0 heterocycles. The van der Waals surface area contributed by atoms with Crippen molar-refractivity contribution in [2.45, 2.75) is 97.3 Å². The van der Waals surface area contributed by atoms with Crippen molar-refractivity contribution >= 4 is 10.4 Å². The zero-order valence-corrected chi connectivity index (χ0v) is 16.5. The maximum Gasteiger partial charge on any atom is 0.397 e. The van der Waals surface area contributed by atoms with Crippen LogP contribution in [0.3, 0.4) is 0 Å². The maximum absolute atomic E-state index is 10.7. The van der Waals surface area contributed by atoms with Crippen LogP contribution in [-0.4, -0.2) is 19.6 Å². The van der Waals surface area contributed by atoms with Crippen molar-refractivity contribution in [3.05, 3.63) is 12.2 Å². The topological polar surface area (TPSA) is 63.6 Å². The van der Waals surface area contributed by atoms with Crippen LogP contribution >= 0.6 is 0 Å². The monoisotopic (exact) mass is 362 g/mol. The van der Waals surface area contributed by atoms with E-state index in [0.717, 1.165) is 25.7 Å². The minimum absolute atomic E-state index is 0.0402. The molecular formula is C19H38O4S. The second kappa shape index (κ2) is 16.1. The minimum atomic E-state index is -4.34. The van der Waals surface area contributed by atoms with E-state index in [0.29, 0.717) is 0 Å². The van der Waals surface area contributed by atoms with E-state index in [1.807, 2.05) is 0 Å². The molecule has 0 rings (SSSR count). The molecule has 0 amide bonds. The van der Waals surface area contributed by atoms with Crippen LogP contribution in [0.15, 0.2) is 12.2 Å². The van der Waals surface area contributed by atoms with Gasteiger partial charge in [0.1, 0.15) is 0 Å². The van der Waals surface area contributed by atoms with Crippen LogP contribution in [0.4, 0.5) is 0 Å². The van der Waals surface area contributed by atoms with Crippen molar-refractivity contribution < 1.29 is 17.2 Å². The Bertz CT molecular complexity index is 390. The van der Waals surface area contributed by atoms with Gasteiger partial charge in [-0.05, 0) is 19.3 Å². The normalized spacial score (nSPS) is 13.6. The Morgan fingerprint density at radius 2 is 1.42 bits per heavy atom. The largest absolute Gasteiger partial charge is 0.397 e. The molecule has 0 saturated heterocycles. The molecule has 0 bridgehead atoms. The Balaban J connectivity index is 3.94. The summed E-state index contributed by atoms with van der Waals surface area (Å²) in [6, 6.07) is 0. The standard InChI is InChI=1S/C19H38O4S/c1-3-5-7-9-10-11-12-13-15-17-19(16-14-8-6-4-2)18-23-24(20,21)22/h15,17,19H,3-14,16,18H2,1-2H3,(H,20,21,22)/b17-15+. The molecule has 4 nitrogen and oxygen atoms in total. The fourth-order valence-electron chi connectivity index (χ4n) is 2.75. The second-order valence-corrected chi connectivity index (χ2v) is 7.75. The molecule has 5 heteroatoms. The van der Waals surface area contributed by atoms with Crippen LogP contribution in [0.5, 0.6) is 0 Å². The van der Waals surface area contributed by atoms with Gasteiger partial charge in [0.15, 0.2) is 0 Å². The van der Waals surface area contributed by atoms with Crippen LogP contribution in [0, 0.1) is 5.92 Å². The Morgan fingerprint density at radius 1 is 0.875 bits per heavy atom. The quantitative estimate of drug-likeness (QED) is 0.193. The molecule has 0 aromatic rings. The first-order valence-electron chi connectivity index (χ1n) is 9.78. The van der Waals surface area contributed by atoms with Crippen LogP contribution < -0.4 is 0 Å². The molecule has 0 saturated carbocycles. The third-order valence-corrected chi connectivity index (χ3v) is 4.68. The fraction of sp³-hybridized carbons (Fsp3) is 0.895. The first-order chi connectivity index (χ1) is 11.5. The summed E-state index contributed by atoms with van der Waals surface area (Å²) in [5.74, 6) is 0.0633. The highest BCUT2D eigenvalue weighted by molar-refractivity contribution is 7.80. The zero-order valence-electron chi connectivity index (χ0n) is 15.7. The SMILES string of the molecule is CCCCCCCCC/C=C/C(CCCCCC)COS(=O)(=O)O. The first-order valence-corrected chi connectivity index (χ1v) is 11.1. The lowest BCUT2D eigenvalue weighted by Gasteiger charge is -2.11. The lowest BCUT2D eigenvalue weighted by atomic mass is 10.00. The van der Waals surface area contributed by atoms with E-state index in [9.17, 15) is 8.42 Å². The highest BCUT2D eigenvalue weighted by atomic mass is 32.3. The van der Waals surface area contributed by atoms with Gasteiger partial charge in [-0.25, -0.2) is 4.18 Å². The summed E-state index contributed by atoms with van der Waals surface area (Å²) in [6.07, 6.45) is 19.8. The molecule has 1 unspecified atom stereocenters. The molecular weight excluding hydrogens is 324 g/mol. The van der Waals surface area contributed by atoms with Crippen LogP contribution in [0.25, 0.3) is 0 Å². The lowest BCUT2D eigenvalue weighted by Crippen LogP contribution is -2.12. The number of hydrogen-bond acceptors (Lipinski definition) is 3. The molecule has 0 radical (unpaired) electrons. The second-order valence-electron chi connectivity index (χ2n) is 6.66. The van der Waals surface area contributed by atoms with Gasteiger partial charge < -0.3 is 0 Å². The van der Waals surface area contributed by atoms with Gasteiger partial charge in [0.05, 0.1) is 6.61 Å². The molecule has 0 aromatic carbocycles. The van der Waals surface area contributed by atoms with E-state index in [-0.39, 0.29) is 12.5 Å². The Hall–Kier alpha value is -0.390. The molecule has 0 spiro atoms. The molecule has 1 atom stereocenters. The van der Waals surface area contributed by atoms with Gasteiger partial charge >= 0.3 is 10.4 Å². The summed E-state index contributed by atoms with van der Waals surface area (Å²) in [7, 11) is -4.34. The average Bonchev–Trinajstić information content (AvgIpc) is 2.53. The van der Waals surface area contributed by atoms with Crippen molar-refractivity contribution in [2.24, 2.45) is 5.92 Å². The van der Waals surface area contributed by atoms with Crippen LogP contribution in [0.2, 0.25) is 0 Å². The maximum atomic E-state index is 10.7. The summed E-state index contributed by atoms with van der Waals surface area (Å²) in [5, 5.41) is 0. The molecule has 24 heavy (non-hydrogen) atoms. The molecule has 0 aliphatic heterocycles. The van der Waals surface area contributed by atoms with Crippen LogP contribution in [0.1, 0.15) is 97.3 Å². The van der Waals surface area contributed by atoms with Crippen LogP contribution in [-0.2, 0) is 14.6 Å². The molecule has 0 aliphatic rings. The van der Waals surface area contributed by atoms with E-state index in [1.165, 1.54) is 57.8 Å². The summed E-state index contributed by atoms with van der Waals surface area (Å²) in [5.41, 5.74) is 0. The van der Waals surface area contributed by atoms with Gasteiger partial charge in [-0.3, -0.25) is 4.55 Å². The molecule has 0 aliphatic carbocycles. The number of rotatable bonds is 17. The van der Waals surface area contributed by atoms with Gasteiger partial charge in [-0.1, -0.05) is 90.2 Å². The van der Waals surface area contributed by atoms with Crippen molar-refractivity contribution in [3.63, 3.8) is 0 Å². The highest BCUT2D eigenvalue weighted by Crippen LogP contribution is 2.15. The third kappa shape index (κ3) is 18.0. The smallest absolute Gasteiger partial charge is 0.264 e. The van der Waals surface area contributed by atoms with Gasteiger partial charge in [-0.15, -0.1) is 0 Å². The summed E-state index contributed by atoms with van der Waals surface area (Å²) in [6.45, 7) is 4.44. The third-order valence-electron chi connectivity index (χ3n) is 4.24. The molecule has 144 valence electrons. The predicted molar refractivity (Wildman–Crippen MR) is 101 cm³/mol. The van der Waals surface area contributed by atoms with Crippen molar-refractivity contribution in [2.75, 3.05) is 6.61 Å². The van der Waals surface area contributed by atoms with Crippen molar-refractivity contribution in [3.8, 4) is 0 Å². The minimum Gasteiger partial charge on any atom is -0.264 e. The van der Waals surface area contributed by atoms with E-state index in [4.69, 9.17) is 4.55 Å². The number of unbranched alkanes of at least 4 members (excludes halogenated alkanes) is 10. The fourth-order valence-corrected chi connectivity index (χ4v) is 3.10. The van der Waals surface area contributed by atoms with Crippen molar-refractivity contribution in [1.29, 1.82) is 0 Å². The van der Waals surface area contributed by atoms with E-state index < -0.39 is 10.4 Å². The van der Waals surface area contributed by atoms with Crippen molar-refractivity contribution in [1.82, 2.24) is 0 Å². The predicted octanol–water partition coefficient (Wildman–Crippen LogP) is 6.09. The van der Waals surface area contributed by atoms with Gasteiger partial charge in [0, 0.05) is 5.92 Å². The first kappa shape index (κ1) is 23.6.